The Bertz CT molecular complexity index is 270. The van der Waals surface area contributed by atoms with Gasteiger partial charge in [-0.15, -0.1) is 6.58 Å². The van der Waals surface area contributed by atoms with E-state index in [-0.39, 0.29) is 0 Å². The van der Waals surface area contributed by atoms with E-state index in [1.807, 2.05) is 18.2 Å². The second-order valence-corrected chi connectivity index (χ2v) is 2.97. The molecule has 0 radical (unpaired) electrons. The summed E-state index contributed by atoms with van der Waals surface area (Å²) in [4.78, 5) is 0. The monoisotopic (exact) mass is 182 g/mol. The molecule has 1 aromatic carbocycles. The molecule has 0 unspecified atom stereocenters. The van der Waals surface area contributed by atoms with E-state index in [1.165, 1.54) is 0 Å². The molecule has 0 saturated carbocycles. The average Bonchev–Trinajstić information content (AvgIpc) is 2.05. The van der Waals surface area contributed by atoms with Crippen molar-refractivity contribution in [2.75, 3.05) is 0 Å². The molecule has 12 heavy (non-hydrogen) atoms. The van der Waals surface area contributed by atoms with Crippen molar-refractivity contribution in [1.82, 2.24) is 0 Å². The van der Waals surface area contributed by atoms with Crippen LogP contribution in [0, 0.1) is 0 Å². The van der Waals surface area contributed by atoms with Crippen LogP contribution < -0.4 is 0 Å². The standard InChI is InChI=1S/C10H11ClO/c1-2-5-10(12)8-6-3-4-7-9(8)11/h2-4,6-7,10,12H,1,5H2/t10-/m0/s1. The van der Waals surface area contributed by atoms with E-state index in [4.69, 9.17) is 11.6 Å². The largest absolute Gasteiger partial charge is 0.388 e. The van der Waals surface area contributed by atoms with E-state index in [0.29, 0.717) is 11.4 Å². The summed E-state index contributed by atoms with van der Waals surface area (Å²) < 4.78 is 0. The molecule has 0 amide bonds. The summed E-state index contributed by atoms with van der Waals surface area (Å²) in [6.45, 7) is 3.55. The zero-order valence-corrected chi connectivity index (χ0v) is 7.46. The molecule has 1 N–H and O–H groups in total. The molecule has 0 aromatic heterocycles. The Morgan fingerprint density at radius 1 is 1.50 bits per heavy atom. The molecule has 0 spiro atoms. The predicted octanol–water partition coefficient (Wildman–Crippen LogP) is 2.95. The molecule has 1 rings (SSSR count). The second kappa shape index (κ2) is 4.29. The smallest absolute Gasteiger partial charge is 0.0838 e. The van der Waals surface area contributed by atoms with Gasteiger partial charge in [-0.1, -0.05) is 35.9 Å². The summed E-state index contributed by atoms with van der Waals surface area (Å²) in [5.41, 5.74) is 0.763. The summed E-state index contributed by atoms with van der Waals surface area (Å²) in [5, 5.41) is 10.1. The second-order valence-electron chi connectivity index (χ2n) is 2.56. The van der Waals surface area contributed by atoms with Crippen LogP contribution in [0.15, 0.2) is 36.9 Å². The van der Waals surface area contributed by atoms with Crippen LogP contribution in [0.3, 0.4) is 0 Å². The fourth-order valence-electron chi connectivity index (χ4n) is 1.03. The van der Waals surface area contributed by atoms with Gasteiger partial charge in [-0.25, -0.2) is 0 Å². The third kappa shape index (κ3) is 2.10. The van der Waals surface area contributed by atoms with Crippen LogP contribution in [-0.4, -0.2) is 5.11 Å². The molecule has 1 aromatic rings. The zero-order valence-electron chi connectivity index (χ0n) is 6.70. The first-order valence-corrected chi connectivity index (χ1v) is 4.17. The van der Waals surface area contributed by atoms with E-state index in [9.17, 15) is 5.11 Å². The molecule has 64 valence electrons. The molecule has 2 heteroatoms. The van der Waals surface area contributed by atoms with Gasteiger partial charge in [0, 0.05) is 5.02 Å². The van der Waals surface area contributed by atoms with Crippen LogP contribution in [-0.2, 0) is 0 Å². The molecular formula is C10H11ClO. The number of hydrogen-bond acceptors (Lipinski definition) is 1. The van der Waals surface area contributed by atoms with Crippen molar-refractivity contribution >= 4 is 11.6 Å². The third-order valence-corrected chi connectivity index (χ3v) is 2.00. The van der Waals surface area contributed by atoms with Crippen molar-refractivity contribution in [2.45, 2.75) is 12.5 Å². The van der Waals surface area contributed by atoms with Gasteiger partial charge in [0.1, 0.15) is 0 Å². The van der Waals surface area contributed by atoms with Gasteiger partial charge in [-0.2, -0.15) is 0 Å². The molecule has 0 aliphatic heterocycles. The van der Waals surface area contributed by atoms with E-state index in [1.54, 1.807) is 12.1 Å². The lowest BCUT2D eigenvalue weighted by atomic mass is 10.1. The first kappa shape index (κ1) is 9.30. The summed E-state index contributed by atoms with van der Waals surface area (Å²) >= 11 is 5.86. The van der Waals surface area contributed by atoms with E-state index in [0.717, 1.165) is 5.56 Å². The Hall–Kier alpha value is -0.790. The van der Waals surface area contributed by atoms with Crippen molar-refractivity contribution in [2.24, 2.45) is 0 Å². The molecule has 1 atom stereocenters. The predicted molar refractivity (Wildman–Crippen MR) is 51.2 cm³/mol. The Labute approximate surface area is 77.3 Å². The quantitative estimate of drug-likeness (QED) is 0.713. The van der Waals surface area contributed by atoms with Crippen LogP contribution in [0.5, 0.6) is 0 Å². The zero-order chi connectivity index (χ0) is 8.97. The highest BCUT2D eigenvalue weighted by Crippen LogP contribution is 2.24. The van der Waals surface area contributed by atoms with Crippen molar-refractivity contribution in [1.29, 1.82) is 0 Å². The fraction of sp³-hybridized carbons (Fsp3) is 0.200. The van der Waals surface area contributed by atoms with Gasteiger partial charge in [0.2, 0.25) is 0 Å². The van der Waals surface area contributed by atoms with Gasteiger partial charge >= 0.3 is 0 Å². The van der Waals surface area contributed by atoms with Crippen LogP contribution in [0.4, 0.5) is 0 Å². The van der Waals surface area contributed by atoms with Crippen LogP contribution >= 0.6 is 11.6 Å². The van der Waals surface area contributed by atoms with E-state index < -0.39 is 6.10 Å². The molecule has 0 fully saturated rings. The van der Waals surface area contributed by atoms with E-state index >= 15 is 0 Å². The highest BCUT2D eigenvalue weighted by Gasteiger charge is 2.07. The summed E-state index contributed by atoms with van der Waals surface area (Å²) in [5.74, 6) is 0. The first-order chi connectivity index (χ1) is 5.75. The van der Waals surface area contributed by atoms with Gasteiger partial charge in [-0.05, 0) is 18.1 Å². The van der Waals surface area contributed by atoms with Crippen molar-refractivity contribution < 1.29 is 5.11 Å². The normalized spacial score (nSPS) is 12.5. The topological polar surface area (TPSA) is 20.2 Å². The molecule has 0 heterocycles. The molecule has 0 bridgehead atoms. The maximum absolute atomic E-state index is 9.55. The minimum Gasteiger partial charge on any atom is -0.388 e. The maximum Gasteiger partial charge on any atom is 0.0838 e. The van der Waals surface area contributed by atoms with Gasteiger partial charge in [0.05, 0.1) is 6.10 Å². The number of aliphatic hydroxyl groups excluding tert-OH is 1. The number of rotatable bonds is 3. The number of benzene rings is 1. The highest BCUT2D eigenvalue weighted by molar-refractivity contribution is 6.31. The van der Waals surface area contributed by atoms with Crippen molar-refractivity contribution in [3.63, 3.8) is 0 Å². The molecule has 0 saturated heterocycles. The Morgan fingerprint density at radius 3 is 2.75 bits per heavy atom. The summed E-state index contributed by atoms with van der Waals surface area (Å²) in [6, 6.07) is 7.28. The highest BCUT2D eigenvalue weighted by atomic mass is 35.5. The lowest BCUT2D eigenvalue weighted by Crippen LogP contribution is -1.95. The van der Waals surface area contributed by atoms with Crippen LogP contribution in [0.1, 0.15) is 18.1 Å². The Kier molecular flexibility index (Phi) is 3.32. The molecule has 1 nitrogen and oxygen atoms in total. The maximum atomic E-state index is 9.55. The van der Waals surface area contributed by atoms with Crippen molar-refractivity contribution in [3.05, 3.63) is 47.5 Å². The Balaban J connectivity index is 2.86. The lowest BCUT2D eigenvalue weighted by Gasteiger charge is -2.09. The van der Waals surface area contributed by atoms with Gasteiger partial charge in [0.15, 0.2) is 0 Å². The van der Waals surface area contributed by atoms with Crippen LogP contribution in [0.2, 0.25) is 5.02 Å². The average molecular weight is 183 g/mol. The summed E-state index contributed by atoms with van der Waals surface area (Å²) in [6.07, 6.45) is 1.67. The number of halogens is 1. The lowest BCUT2D eigenvalue weighted by molar-refractivity contribution is 0.182. The molecule has 0 aliphatic rings. The van der Waals surface area contributed by atoms with Crippen LogP contribution in [0.25, 0.3) is 0 Å². The summed E-state index contributed by atoms with van der Waals surface area (Å²) in [7, 11) is 0. The minimum atomic E-state index is -0.531. The van der Waals surface area contributed by atoms with Crippen molar-refractivity contribution in [3.8, 4) is 0 Å². The molecule has 0 aliphatic carbocycles. The number of aliphatic hydroxyl groups is 1. The van der Waals surface area contributed by atoms with Gasteiger partial charge in [-0.3, -0.25) is 0 Å². The Morgan fingerprint density at radius 2 is 2.17 bits per heavy atom. The number of hydrogen-bond donors (Lipinski definition) is 1. The SMILES string of the molecule is C=CC[C@H](O)c1ccccc1Cl. The van der Waals surface area contributed by atoms with Gasteiger partial charge in [0.25, 0.3) is 0 Å². The molecular weight excluding hydrogens is 172 g/mol. The minimum absolute atomic E-state index is 0.531. The fourth-order valence-corrected chi connectivity index (χ4v) is 1.29. The van der Waals surface area contributed by atoms with E-state index in [2.05, 4.69) is 6.58 Å². The van der Waals surface area contributed by atoms with Gasteiger partial charge < -0.3 is 5.11 Å². The third-order valence-electron chi connectivity index (χ3n) is 1.65. The first-order valence-electron chi connectivity index (χ1n) is 3.79.